The molecule has 3 nitrogen and oxygen atoms in total. The number of nitriles is 1. The van der Waals surface area contributed by atoms with Crippen molar-refractivity contribution in [2.75, 3.05) is 11.4 Å². The summed E-state index contributed by atoms with van der Waals surface area (Å²) < 4.78 is 0. The van der Waals surface area contributed by atoms with Crippen molar-refractivity contribution in [3.8, 4) is 6.07 Å². The zero-order valence-corrected chi connectivity index (χ0v) is 9.97. The van der Waals surface area contributed by atoms with Crippen molar-refractivity contribution >= 4 is 5.69 Å². The Kier molecular flexibility index (Phi) is 2.72. The van der Waals surface area contributed by atoms with E-state index in [0.29, 0.717) is 5.69 Å². The first-order valence-electron chi connectivity index (χ1n) is 6.51. The number of nitrogens with zero attached hydrogens (tertiary/aromatic N) is 3. The first-order valence-corrected chi connectivity index (χ1v) is 6.51. The Morgan fingerprint density at radius 2 is 2.12 bits per heavy atom. The summed E-state index contributed by atoms with van der Waals surface area (Å²) in [5.74, 6) is 0.888. The number of hydrogen-bond acceptors (Lipinski definition) is 3. The Bertz CT molecular complexity index is 432. The van der Waals surface area contributed by atoms with Gasteiger partial charge in [0.2, 0.25) is 0 Å². The van der Waals surface area contributed by atoms with Gasteiger partial charge in [-0.15, -0.1) is 0 Å². The van der Waals surface area contributed by atoms with Gasteiger partial charge in [-0.3, -0.25) is 0 Å². The minimum absolute atomic E-state index is 0.508. The second-order valence-electron chi connectivity index (χ2n) is 5.11. The van der Waals surface area contributed by atoms with Gasteiger partial charge in [0.15, 0.2) is 0 Å². The zero-order valence-electron chi connectivity index (χ0n) is 9.97. The molecule has 0 radical (unpaired) electrons. The molecule has 0 N–H and O–H groups in total. The van der Waals surface area contributed by atoms with Gasteiger partial charge >= 0.3 is 0 Å². The van der Waals surface area contributed by atoms with Crippen molar-refractivity contribution in [1.29, 1.82) is 5.26 Å². The maximum absolute atomic E-state index is 8.76. The Balaban J connectivity index is 1.81. The van der Waals surface area contributed by atoms with E-state index in [1.807, 2.05) is 18.3 Å². The van der Waals surface area contributed by atoms with Crippen molar-refractivity contribution < 1.29 is 0 Å². The molecule has 1 aromatic heterocycles. The highest BCUT2D eigenvalue weighted by atomic mass is 15.2. The number of fused-ring (bicyclic) bond motifs is 1. The Hall–Kier alpha value is -1.56. The largest absolute Gasteiger partial charge is 0.367 e. The Labute approximate surface area is 102 Å². The molecule has 2 fully saturated rings. The molecule has 1 aliphatic heterocycles. The third kappa shape index (κ3) is 1.88. The monoisotopic (exact) mass is 227 g/mol. The van der Waals surface area contributed by atoms with Gasteiger partial charge < -0.3 is 4.90 Å². The molecule has 0 unspecified atom stereocenters. The smallest absolute Gasteiger partial charge is 0.140 e. The van der Waals surface area contributed by atoms with Crippen molar-refractivity contribution in [1.82, 2.24) is 4.98 Å². The van der Waals surface area contributed by atoms with E-state index in [1.165, 1.54) is 37.8 Å². The van der Waals surface area contributed by atoms with Crippen molar-refractivity contribution in [3.63, 3.8) is 0 Å². The van der Waals surface area contributed by atoms with Crippen LogP contribution in [0.2, 0.25) is 0 Å². The molecule has 0 spiro atoms. The van der Waals surface area contributed by atoms with Crippen LogP contribution >= 0.6 is 0 Å². The van der Waals surface area contributed by atoms with Crippen LogP contribution in [-0.4, -0.2) is 17.6 Å². The fraction of sp³-hybridized carbons (Fsp3) is 0.571. The molecular weight excluding hydrogens is 210 g/mol. The highest BCUT2D eigenvalue weighted by Gasteiger charge is 2.35. The normalized spacial score (nSPS) is 27.6. The number of anilines is 1. The molecule has 0 amide bonds. The van der Waals surface area contributed by atoms with E-state index in [2.05, 4.69) is 16.0 Å². The topological polar surface area (TPSA) is 39.9 Å². The molecule has 17 heavy (non-hydrogen) atoms. The number of pyridine rings is 1. The van der Waals surface area contributed by atoms with E-state index in [-0.39, 0.29) is 0 Å². The van der Waals surface area contributed by atoms with Gasteiger partial charge in [0, 0.05) is 12.6 Å². The summed E-state index contributed by atoms with van der Waals surface area (Å²) in [4.78, 5) is 6.67. The molecule has 1 saturated heterocycles. The summed E-state index contributed by atoms with van der Waals surface area (Å²) >= 11 is 0. The molecule has 2 heterocycles. The van der Waals surface area contributed by atoms with E-state index < -0.39 is 0 Å². The van der Waals surface area contributed by atoms with E-state index in [9.17, 15) is 0 Å². The lowest BCUT2D eigenvalue weighted by molar-refractivity contribution is 0.342. The van der Waals surface area contributed by atoms with E-state index in [4.69, 9.17) is 5.26 Å². The van der Waals surface area contributed by atoms with Gasteiger partial charge in [0.1, 0.15) is 11.8 Å². The molecule has 0 bridgehead atoms. The number of hydrogen-bond donors (Lipinski definition) is 0. The first kappa shape index (κ1) is 10.6. The molecule has 3 rings (SSSR count). The molecule has 1 saturated carbocycles. The quantitative estimate of drug-likeness (QED) is 0.740. The zero-order chi connectivity index (χ0) is 11.7. The lowest BCUT2D eigenvalue weighted by atomic mass is 9.85. The van der Waals surface area contributed by atoms with Crippen LogP contribution in [0.15, 0.2) is 18.3 Å². The summed E-state index contributed by atoms with van der Waals surface area (Å²) in [6.07, 6.45) is 8.66. The molecular formula is C14H17N3. The van der Waals surface area contributed by atoms with Crippen molar-refractivity contribution in [2.45, 2.75) is 38.1 Å². The second-order valence-corrected chi connectivity index (χ2v) is 5.11. The fourth-order valence-corrected chi connectivity index (χ4v) is 3.35. The van der Waals surface area contributed by atoms with Gasteiger partial charge in [-0.1, -0.05) is 12.8 Å². The summed E-state index contributed by atoms with van der Waals surface area (Å²) in [5.41, 5.74) is 1.70. The van der Waals surface area contributed by atoms with E-state index in [0.717, 1.165) is 18.5 Å². The third-order valence-electron chi connectivity index (χ3n) is 4.20. The molecule has 3 heteroatoms. The highest BCUT2D eigenvalue weighted by molar-refractivity contribution is 5.48. The number of rotatable bonds is 1. The van der Waals surface area contributed by atoms with Crippen LogP contribution in [0.4, 0.5) is 5.69 Å². The van der Waals surface area contributed by atoms with Crippen molar-refractivity contribution in [3.05, 3.63) is 24.0 Å². The predicted octanol–water partition coefficient (Wildman–Crippen LogP) is 2.72. The molecule has 0 aromatic carbocycles. The standard InChI is InChI=1S/C14H17N3/c15-9-12-5-6-13(10-16-12)17-8-7-11-3-1-2-4-14(11)17/h5-6,10-11,14H,1-4,7-8H2/t11-,14-/m0/s1. The minimum Gasteiger partial charge on any atom is -0.367 e. The lowest BCUT2D eigenvalue weighted by Crippen LogP contribution is -2.34. The predicted molar refractivity (Wildman–Crippen MR) is 66.7 cm³/mol. The van der Waals surface area contributed by atoms with Gasteiger partial charge in [0.25, 0.3) is 0 Å². The molecule has 2 atom stereocenters. The van der Waals surface area contributed by atoms with Crippen LogP contribution < -0.4 is 4.90 Å². The first-order chi connectivity index (χ1) is 8.38. The molecule has 1 aromatic rings. The van der Waals surface area contributed by atoms with E-state index in [1.54, 1.807) is 0 Å². The van der Waals surface area contributed by atoms with Gasteiger partial charge in [-0.25, -0.2) is 4.98 Å². The maximum Gasteiger partial charge on any atom is 0.140 e. The Morgan fingerprint density at radius 3 is 2.88 bits per heavy atom. The van der Waals surface area contributed by atoms with Crippen molar-refractivity contribution in [2.24, 2.45) is 5.92 Å². The van der Waals surface area contributed by atoms with Gasteiger partial charge in [0.05, 0.1) is 11.9 Å². The fourth-order valence-electron chi connectivity index (χ4n) is 3.35. The van der Waals surface area contributed by atoms with E-state index >= 15 is 0 Å². The van der Waals surface area contributed by atoms with Gasteiger partial charge in [-0.2, -0.15) is 5.26 Å². The average molecular weight is 227 g/mol. The Morgan fingerprint density at radius 1 is 1.24 bits per heavy atom. The summed E-state index contributed by atoms with van der Waals surface area (Å²) in [6, 6.07) is 6.66. The minimum atomic E-state index is 0.508. The highest BCUT2D eigenvalue weighted by Crippen LogP contribution is 2.38. The van der Waals surface area contributed by atoms with Crippen LogP contribution in [0.25, 0.3) is 0 Å². The van der Waals surface area contributed by atoms with Crippen LogP contribution in [0, 0.1) is 17.2 Å². The second kappa shape index (κ2) is 4.37. The summed E-state index contributed by atoms with van der Waals surface area (Å²) in [7, 11) is 0. The van der Waals surface area contributed by atoms with Gasteiger partial charge in [-0.05, 0) is 37.3 Å². The SMILES string of the molecule is N#Cc1ccc(N2CC[C@@H]3CCCC[C@@H]32)cn1. The maximum atomic E-state index is 8.76. The average Bonchev–Trinajstić information content (AvgIpc) is 2.83. The molecule has 88 valence electrons. The van der Waals surface area contributed by atoms with Crippen LogP contribution in [0.5, 0.6) is 0 Å². The van der Waals surface area contributed by atoms with Crippen LogP contribution in [-0.2, 0) is 0 Å². The third-order valence-corrected chi connectivity index (χ3v) is 4.20. The van der Waals surface area contributed by atoms with Crippen LogP contribution in [0.1, 0.15) is 37.8 Å². The lowest BCUT2D eigenvalue weighted by Gasteiger charge is -2.32. The van der Waals surface area contributed by atoms with Crippen LogP contribution in [0.3, 0.4) is 0 Å². The molecule has 2 aliphatic rings. The molecule has 1 aliphatic carbocycles. The summed E-state index contributed by atoms with van der Waals surface area (Å²) in [5, 5.41) is 8.76. The summed E-state index contributed by atoms with van der Waals surface area (Å²) in [6.45, 7) is 1.16. The number of aromatic nitrogens is 1.